The van der Waals surface area contributed by atoms with Gasteiger partial charge in [0.25, 0.3) is 0 Å². The van der Waals surface area contributed by atoms with Gasteiger partial charge in [0.15, 0.2) is 0 Å². The molecule has 4 N–H and O–H groups in total. The minimum Gasteiger partial charge on any atom is -0.398 e. The Balaban J connectivity index is 3.41. The molecular weight excluding hydrogens is 148 g/mol. The zero-order chi connectivity index (χ0) is 9.14. The third kappa shape index (κ3) is 1.19. The number of anilines is 2. The fourth-order valence-corrected chi connectivity index (χ4v) is 0.883. The fourth-order valence-electron chi connectivity index (χ4n) is 0.883. The Morgan fingerprint density at radius 3 is 1.50 bits per heavy atom. The average molecular weight is 156 g/mol. The lowest BCUT2D eigenvalue weighted by Gasteiger charge is -2.02. The second-order valence-electron chi connectivity index (χ2n) is 2.32. The summed E-state index contributed by atoms with van der Waals surface area (Å²) in [6.45, 7) is 0. The van der Waals surface area contributed by atoms with Crippen molar-refractivity contribution in [1.82, 2.24) is 0 Å². The van der Waals surface area contributed by atoms with Crippen LogP contribution in [0.1, 0.15) is 11.1 Å². The van der Waals surface area contributed by atoms with Crippen molar-refractivity contribution in [3.05, 3.63) is 23.3 Å². The molecule has 0 heterocycles. The molecule has 0 unspecified atom stereocenters. The minimum atomic E-state index is 0.486. The van der Waals surface area contributed by atoms with Gasteiger partial charge >= 0.3 is 0 Å². The molecule has 0 aliphatic carbocycles. The zero-order valence-corrected chi connectivity index (χ0v) is 6.46. The molecule has 2 heteroatoms. The van der Waals surface area contributed by atoms with Gasteiger partial charge < -0.3 is 11.5 Å². The Kier molecular flexibility index (Phi) is 1.94. The number of rotatable bonds is 0. The second-order valence-corrected chi connectivity index (χ2v) is 2.32. The van der Waals surface area contributed by atoms with Crippen molar-refractivity contribution in [3.63, 3.8) is 0 Å². The van der Waals surface area contributed by atoms with E-state index in [1.165, 1.54) is 0 Å². The number of nitrogen functional groups attached to an aromatic ring is 2. The summed E-state index contributed by atoms with van der Waals surface area (Å²) in [7, 11) is 0. The highest BCUT2D eigenvalue weighted by atomic mass is 14.6. The molecule has 12 heavy (non-hydrogen) atoms. The predicted molar refractivity (Wildman–Crippen MR) is 51.1 cm³/mol. The van der Waals surface area contributed by atoms with Crippen LogP contribution in [0.4, 0.5) is 11.4 Å². The Morgan fingerprint density at radius 1 is 0.917 bits per heavy atom. The molecule has 0 bridgehead atoms. The SMILES string of the molecule is C#Cc1cc(N)c(C#C)cc1N. The highest BCUT2D eigenvalue weighted by molar-refractivity contribution is 5.68. The van der Waals surface area contributed by atoms with Gasteiger partial charge in [-0.2, -0.15) is 0 Å². The normalized spacial score (nSPS) is 8.50. The first-order chi connectivity index (χ1) is 5.69. The van der Waals surface area contributed by atoms with Crippen molar-refractivity contribution in [2.24, 2.45) is 0 Å². The summed E-state index contributed by atoms with van der Waals surface area (Å²) in [5.74, 6) is 4.83. The van der Waals surface area contributed by atoms with E-state index in [4.69, 9.17) is 24.3 Å². The molecule has 0 amide bonds. The largest absolute Gasteiger partial charge is 0.398 e. The zero-order valence-electron chi connectivity index (χ0n) is 6.46. The molecule has 1 rings (SSSR count). The topological polar surface area (TPSA) is 52.0 Å². The van der Waals surface area contributed by atoms with Crippen LogP contribution in [0.3, 0.4) is 0 Å². The van der Waals surface area contributed by atoms with E-state index < -0.39 is 0 Å². The van der Waals surface area contributed by atoms with Gasteiger partial charge in [-0.1, -0.05) is 11.8 Å². The molecule has 0 aromatic heterocycles. The molecule has 0 aliphatic heterocycles. The van der Waals surface area contributed by atoms with Crippen molar-refractivity contribution in [3.8, 4) is 24.7 Å². The lowest BCUT2D eigenvalue weighted by Crippen LogP contribution is -1.96. The van der Waals surface area contributed by atoms with Crippen molar-refractivity contribution in [2.75, 3.05) is 11.5 Å². The molecular formula is C10H8N2. The summed E-state index contributed by atoms with van der Waals surface area (Å²) in [5.41, 5.74) is 13.3. The maximum absolute atomic E-state index is 5.58. The molecule has 0 atom stereocenters. The van der Waals surface area contributed by atoms with E-state index in [0.717, 1.165) is 0 Å². The maximum Gasteiger partial charge on any atom is 0.0493 e. The maximum atomic E-state index is 5.58. The van der Waals surface area contributed by atoms with Gasteiger partial charge in [-0.15, -0.1) is 12.8 Å². The summed E-state index contributed by atoms with van der Waals surface area (Å²) >= 11 is 0. The first-order valence-electron chi connectivity index (χ1n) is 3.31. The van der Waals surface area contributed by atoms with Crippen LogP contribution in [0.15, 0.2) is 12.1 Å². The number of benzene rings is 1. The van der Waals surface area contributed by atoms with E-state index in [1.807, 2.05) is 0 Å². The van der Waals surface area contributed by atoms with Crippen molar-refractivity contribution in [1.29, 1.82) is 0 Å². The van der Waals surface area contributed by atoms with Gasteiger partial charge in [-0.25, -0.2) is 0 Å². The summed E-state index contributed by atoms with van der Waals surface area (Å²) in [4.78, 5) is 0. The summed E-state index contributed by atoms with van der Waals surface area (Å²) < 4.78 is 0. The van der Waals surface area contributed by atoms with E-state index in [1.54, 1.807) is 12.1 Å². The lowest BCUT2D eigenvalue weighted by molar-refractivity contribution is 1.58. The monoisotopic (exact) mass is 156 g/mol. The van der Waals surface area contributed by atoms with Crippen LogP contribution < -0.4 is 11.5 Å². The highest BCUT2D eigenvalue weighted by Gasteiger charge is 2.00. The van der Waals surface area contributed by atoms with Crippen LogP contribution in [0.5, 0.6) is 0 Å². The molecule has 2 nitrogen and oxygen atoms in total. The van der Waals surface area contributed by atoms with Gasteiger partial charge in [-0.05, 0) is 12.1 Å². The molecule has 1 aromatic rings. The first kappa shape index (κ1) is 8.04. The van der Waals surface area contributed by atoms with Gasteiger partial charge in [0, 0.05) is 22.5 Å². The molecule has 0 aliphatic rings. The van der Waals surface area contributed by atoms with Crippen molar-refractivity contribution in [2.45, 2.75) is 0 Å². The highest BCUT2D eigenvalue weighted by Crippen LogP contribution is 2.19. The molecule has 0 spiro atoms. The van der Waals surface area contributed by atoms with E-state index in [2.05, 4.69) is 11.8 Å². The Bertz CT molecular complexity index is 352. The fraction of sp³-hybridized carbons (Fsp3) is 0. The Hall–Kier alpha value is -2.06. The molecule has 0 radical (unpaired) electrons. The molecule has 0 saturated carbocycles. The number of terminal acetylenes is 2. The van der Waals surface area contributed by atoms with Crippen LogP contribution in [0.25, 0.3) is 0 Å². The van der Waals surface area contributed by atoms with Gasteiger partial charge in [0.1, 0.15) is 0 Å². The minimum absolute atomic E-state index is 0.486. The van der Waals surface area contributed by atoms with Gasteiger partial charge in [0.05, 0.1) is 0 Å². The van der Waals surface area contributed by atoms with Crippen LogP contribution in [-0.2, 0) is 0 Å². The summed E-state index contributed by atoms with van der Waals surface area (Å²) in [6.07, 6.45) is 10.3. The predicted octanol–water partition coefficient (Wildman–Crippen LogP) is 0.814. The van der Waals surface area contributed by atoms with Gasteiger partial charge in [-0.3, -0.25) is 0 Å². The lowest BCUT2D eigenvalue weighted by atomic mass is 10.1. The number of hydrogen-bond donors (Lipinski definition) is 2. The summed E-state index contributed by atoms with van der Waals surface area (Å²) in [5, 5.41) is 0. The molecule has 0 saturated heterocycles. The number of hydrogen-bond acceptors (Lipinski definition) is 2. The van der Waals surface area contributed by atoms with Crippen LogP contribution in [-0.4, -0.2) is 0 Å². The molecule has 0 fully saturated rings. The van der Waals surface area contributed by atoms with E-state index in [0.29, 0.717) is 22.5 Å². The van der Waals surface area contributed by atoms with Crippen molar-refractivity contribution < 1.29 is 0 Å². The van der Waals surface area contributed by atoms with Crippen LogP contribution in [0, 0.1) is 24.7 Å². The van der Waals surface area contributed by atoms with Gasteiger partial charge in [0.2, 0.25) is 0 Å². The quantitative estimate of drug-likeness (QED) is 0.431. The van der Waals surface area contributed by atoms with E-state index in [9.17, 15) is 0 Å². The molecule has 58 valence electrons. The first-order valence-corrected chi connectivity index (χ1v) is 3.31. The van der Waals surface area contributed by atoms with E-state index >= 15 is 0 Å². The third-order valence-electron chi connectivity index (χ3n) is 1.53. The van der Waals surface area contributed by atoms with Crippen LogP contribution >= 0.6 is 0 Å². The standard InChI is InChI=1S/C10H8N2/c1-3-7-5-10(12)8(4-2)6-9(7)11/h1-2,5-6H,11-12H2. The Labute approximate surface area is 71.6 Å². The summed E-state index contributed by atoms with van der Waals surface area (Å²) in [6, 6.07) is 3.20. The molecule has 1 aromatic carbocycles. The van der Waals surface area contributed by atoms with E-state index in [-0.39, 0.29) is 0 Å². The smallest absolute Gasteiger partial charge is 0.0493 e. The van der Waals surface area contributed by atoms with Crippen LogP contribution in [0.2, 0.25) is 0 Å². The van der Waals surface area contributed by atoms with Crippen molar-refractivity contribution >= 4 is 11.4 Å². The second kappa shape index (κ2) is 2.90. The Morgan fingerprint density at radius 2 is 1.25 bits per heavy atom. The average Bonchev–Trinajstić information content (AvgIpc) is 2.08. The number of nitrogens with two attached hydrogens (primary N) is 2. The third-order valence-corrected chi connectivity index (χ3v) is 1.53.